The Morgan fingerprint density at radius 1 is 1.38 bits per heavy atom. The van der Waals surface area contributed by atoms with Crippen molar-refractivity contribution in [3.63, 3.8) is 0 Å². The molecular weight excluding hydrogens is 214 g/mol. The average molecular weight is 237 g/mol. The molecule has 2 atom stereocenters. The maximum atomic E-state index is 4.81. The summed E-state index contributed by atoms with van der Waals surface area (Å²) in [6.07, 6.45) is 9.33. The van der Waals surface area contributed by atoms with Crippen molar-refractivity contribution in [3.05, 3.63) is 16.1 Å². The van der Waals surface area contributed by atoms with Crippen molar-refractivity contribution in [1.29, 1.82) is 0 Å². The van der Waals surface area contributed by atoms with Crippen molar-refractivity contribution in [2.75, 3.05) is 0 Å². The van der Waals surface area contributed by atoms with Crippen LogP contribution in [0.25, 0.3) is 0 Å². The molecule has 1 saturated carbocycles. The van der Waals surface area contributed by atoms with E-state index in [0.29, 0.717) is 0 Å². The van der Waals surface area contributed by atoms with E-state index >= 15 is 0 Å². The van der Waals surface area contributed by atoms with Gasteiger partial charge in [0.1, 0.15) is 0 Å². The molecule has 1 aliphatic carbocycles. The second-order valence-electron chi connectivity index (χ2n) is 5.06. The van der Waals surface area contributed by atoms with E-state index in [1.54, 1.807) is 0 Å². The Morgan fingerprint density at radius 2 is 2.25 bits per heavy atom. The normalized spacial score (nSPS) is 25.9. The van der Waals surface area contributed by atoms with Crippen molar-refractivity contribution in [3.8, 4) is 0 Å². The minimum Gasteiger partial charge on any atom is -0.246 e. The molecule has 1 aromatic rings. The lowest BCUT2D eigenvalue weighted by molar-refractivity contribution is 0.314. The highest BCUT2D eigenvalue weighted by atomic mass is 32.1. The smallest absolute Gasteiger partial charge is 0.0959 e. The third-order valence-electron chi connectivity index (χ3n) is 3.79. The van der Waals surface area contributed by atoms with Gasteiger partial charge in [-0.15, -0.1) is 11.3 Å². The highest BCUT2D eigenvalue weighted by molar-refractivity contribution is 7.09. The summed E-state index contributed by atoms with van der Waals surface area (Å²) in [5.41, 5.74) is 1.32. The van der Waals surface area contributed by atoms with Crippen molar-refractivity contribution < 1.29 is 0 Å². The highest BCUT2D eigenvalue weighted by Gasteiger charge is 2.24. The molecule has 0 aromatic carbocycles. The second-order valence-corrected chi connectivity index (χ2v) is 5.95. The molecule has 2 heteroatoms. The van der Waals surface area contributed by atoms with Crippen LogP contribution < -0.4 is 0 Å². The van der Waals surface area contributed by atoms with E-state index in [2.05, 4.69) is 19.2 Å². The molecule has 1 nitrogen and oxygen atoms in total. The van der Waals surface area contributed by atoms with E-state index in [9.17, 15) is 0 Å². The first-order valence-corrected chi connectivity index (χ1v) is 7.65. The molecule has 1 aliphatic rings. The van der Waals surface area contributed by atoms with Gasteiger partial charge in [0.15, 0.2) is 0 Å². The van der Waals surface area contributed by atoms with Gasteiger partial charge in [-0.25, -0.2) is 4.98 Å². The van der Waals surface area contributed by atoms with Crippen LogP contribution in [0.2, 0.25) is 0 Å². The molecular formula is C14H23NS. The number of nitrogens with zero attached hydrogens (tertiary/aromatic N) is 1. The predicted molar refractivity (Wildman–Crippen MR) is 71.1 cm³/mol. The van der Waals surface area contributed by atoms with Gasteiger partial charge in [0.05, 0.1) is 10.7 Å². The third-order valence-corrected chi connectivity index (χ3v) is 4.84. The Morgan fingerprint density at radius 3 is 3.00 bits per heavy atom. The fraction of sp³-hybridized carbons (Fsp3) is 0.786. The summed E-state index contributed by atoms with van der Waals surface area (Å²) in [6, 6.07) is 0. The summed E-state index contributed by atoms with van der Waals surface area (Å²) in [7, 11) is 0. The van der Waals surface area contributed by atoms with Crippen LogP contribution in [0.4, 0.5) is 0 Å². The zero-order valence-corrected chi connectivity index (χ0v) is 11.4. The molecule has 0 aliphatic heterocycles. The van der Waals surface area contributed by atoms with Gasteiger partial charge in [0, 0.05) is 11.3 Å². The Kier molecular flexibility index (Phi) is 4.39. The van der Waals surface area contributed by atoms with Gasteiger partial charge in [0.25, 0.3) is 0 Å². The monoisotopic (exact) mass is 237 g/mol. The first-order valence-electron chi connectivity index (χ1n) is 6.77. The van der Waals surface area contributed by atoms with Gasteiger partial charge in [-0.05, 0) is 25.2 Å². The number of aromatic nitrogens is 1. The first-order chi connectivity index (χ1) is 7.83. The minimum atomic E-state index is 0.773. The summed E-state index contributed by atoms with van der Waals surface area (Å²) in [4.78, 5) is 4.81. The molecule has 16 heavy (non-hydrogen) atoms. The molecule has 1 heterocycles. The minimum absolute atomic E-state index is 0.773. The van der Waals surface area contributed by atoms with E-state index in [1.807, 2.05) is 11.3 Å². The van der Waals surface area contributed by atoms with Gasteiger partial charge in [-0.1, -0.05) is 39.5 Å². The average Bonchev–Trinajstić information content (AvgIpc) is 2.78. The Labute approximate surface area is 103 Å². The molecule has 0 N–H and O–H groups in total. The van der Waals surface area contributed by atoms with E-state index in [4.69, 9.17) is 4.98 Å². The fourth-order valence-corrected chi connectivity index (χ4v) is 3.77. The molecule has 0 radical (unpaired) electrons. The SMILES string of the molecule is CCCc1csc(C2CCCC(CC)C2)n1. The molecule has 1 aromatic heterocycles. The number of thiazole rings is 1. The van der Waals surface area contributed by atoms with Crippen molar-refractivity contribution in [2.45, 2.75) is 64.7 Å². The highest BCUT2D eigenvalue weighted by Crippen LogP contribution is 2.38. The summed E-state index contributed by atoms with van der Waals surface area (Å²) in [5, 5.41) is 3.69. The number of aryl methyl sites for hydroxylation is 1. The molecule has 0 spiro atoms. The van der Waals surface area contributed by atoms with E-state index in [-0.39, 0.29) is 0 Å². The third kappa shape index (κ3) is 2.85. The van der Waals surface area contributed by atoms with Gasteiger partial charge in [0.2, 0.25) is 0 Å². The number of rotatable bonds is 4. The van der Waals surface area contributed by atoms with Crippen LogP contribution in [-0.2, 0) is 6.42 Å². The Hall–Kier alpha value is -0.370. The molecule has 0 saturated heterocycles. The lowest BCUT2D eigenvalue weighted by atomic mass is 9.80. The van der Waals surface area contributed by atoms with Crippen LogP contribution in [0.1, 0.15) is 69.0 Å². The van der Waals surface area contributed by atoms with Gasteiger partial charge in [-0.3, -0.25) is 0 Å². The molecule has 1 fully saturated rings. The van der Waals surface area contributed by atoms with Crippen LogP contribution in [0.3, 0.4) is 0 Å². The lowest BCUT2D eigenvalue weighted by Crippen LogP contribution is -2.13. The molecule has 2 rings (SSSR count). The maximum Gasteiger partial charge on any atom is 0.0959 e. The standard InChI is InChI=1S/C14H23NS/c1-3-6-13-10-16-14(15-13)12-8-5-7-11(4-2)9-12/h10-12H,3-9H2,1-2H3. The fourth-order valence-electron chi connectivity index (χ4n) is 2.77. The summed E-state index contributed by atoms with van der Waals surface area (Å²) in [6.45, 7) is 4.56. The van der Waals surface area contributed by atoms with Crippen molar-refractivity contribution >= 4 is 11.3 Å². The van der Waals surface area contributed by atoms with Gasteiger partial charge in [-0.2, -0.15) is 0 Å². The van der Waals surface area contributed by atoms with Crippen molar-refractivity contribution in [1.82, 2.24) is 4.98 Å². The van der Waals surface area contributed by atoms with Crippen LogP contribution in [0.5, 0.6) is 0 Å². The van der Waals surface area contributed by atoms with Crippen LogP contribution in [0.15, 0.2) is 5.38 Å². The second kappa shape index (κ2) is 5.81. The van der Waals surface area contributed by atoms with Gasteiger partial charge < -0.3 is 0 Å². The molecule has 2 unspecified atom stereocenters. The van der Waals surface area contributed by atoms with E-state index < -0.39 is 0 Å². The van der Waals surface area contributed by atoms with Crippen LogP contribution >= 0.6 is 11.3 Å². The largest absolute Gasteiger partial charge is 0.246 e. The molecule has 0 amide bonds. The summed E-state index contributed by atoms with van der Waals surface area (Å²) in [5.74, 6) is 1.73. The van der Waals surface area contributed by atoms with E-state index in [0.717, 1.165) is 18.3 Å². The maximum absolute atomic E-state index is 4.81. The summed E-state index contributed by atoms with van der Waals surface area (Å²) >= 11 is 1.90. The van der Waals surface area contributed by atoms with Gasteiger partial charge >= 0.3 is 0 Å². The number of hydrogen-bond acceptors (Lipinski definition) is 2. The lowest BCUT2D eigenvalue weighted by Gasteiger charge is -2.26. The van der Waals surface area contributed by atoms with Crippen LogP contribution in [-0.4, -0.2) is 4.98 Å². The quantitative estimate of drug-likeness (QED) is 0.734. The first kappa shape index (κ1) is 12.1. The number of hydrogen-bond donors (Lipinski definition) is 0. The predicted octanol–water partition coefficient (Wildman–Crippen LogP) is 4.78. The summed E-state index contributed by atoms with van der Waals surface area (Å²) < 4.78 is 0. The zero-order valence-electron chi connectivity index (χ0n) is 10.5. The topological polar surface area (TPSA) is 12.9 Å². The Bertz CT molecular complexity index is 318. The molecule has 0 bridgehead atoms. The van der Waals surface area contributed by atoms with E-state index in [1.165, 1.54) is 49.2 Å². The Balaban J connectivity index is 1.99. The zero-order chi connectivity index (χ0) is 11.4. The van der Waals surface area contributed by atoms with Crippen molar-refractivity contribution in [2.24, 2.45) is 5.92 Å². The van der Waals surface area contributed by atoms with Crippen LogP contribution in [0, 0.1) is 5.92 Å². The molecule has 90 valence electrons.